The highest BCUT2D eigenvalue weighted by Crippen LogP contribution is 2.34. The molecular weight excluding hydrogens is 524 g/mol. The molecule has 0 saturated heterocycles. The molecular formula is C32H46N2O5S. The van der Waals surface area contributed by atoms with Gasteiger partial charge in [-0.25, -0.2) is 5.01 Å². The summed E-state index contributed by atoms with van der Waals surface area (Å²) in [7, 11) is -4.59. The number of hydrogen-bond donors (Lipinski definition) is 1. The molecule has 0 radical (unpaired) electrons. The molecule has 0 saturated carbocycles. The standard InChI is InChI=1S/C32H46N2O5S/c1-2-3-4-5-6-7-8-9-10-11-12-13-14-15-17-20-27-25-32(35)34(33-27)28-23-24-30(31(26-28)40(36,37)38)39-29-21-18-16-19-22-29/h16,18-19,21-24,26H,2-15,17,20,25H2,1H3,(H,36,37,38). The van der Waals surface area contributed by atoms with Crippen LogP contribution in [0.2, 0.25) is 0 Å². The highest BCUT2D eigenvalue weighted by molar-refractivity contribution is 7.86. The molecule has 1 amide bonds. The van der Waals surface area contributed by atoms with Crippen LogP contribution >= 0.6 is 0 Å². The van der Waals surface area contributed by atoms with E-state index in [1.54, 1.807) is 30.3 Å². The Bertz CT molecular complexity index is 1180. The third kappa shape index (κ3) is 11.0. The fourth-order valence-electron chi connectivity index (χ4n) is 5.05. The third-order valence-corrected chi connectivity index (χ3v) is 8.20. The molecule has 0 atom stereocenters. The van der Waals surface area contributed by atoms with Gasteiger partial charge in [0.25, 0.3) is 16.0 Å². The number of carbonyl (C=O) groups is 1. The number of benzene rings is 2. The van der Waals surface area contributed by atoms with Crippen molar-refractivity contribution in [1.82, 2.24) is 0 Å². The topological polar surface area (TPSA) is 96.3 Å². The number of hydrogen-bond acceptors (Lipinski definition) is 5. The number of rotatable bonds is 20. The molecule has 0 unspecified atom stereocenters. The Morgan fingerprint density at radius 2 is 1.35 bits per heavy atom. The van der Waals surface area contributed by atoms with Crippen molar-refractivity contribution in [3.05, 3.63) is 48.5 Å². The Morgan fingerprint density at radius 3 is 1.90 bits per heavy atom. The SMILES string of the molecule is CCCCCCCCCCCCCCCCCC1=NN(c2ccc(Oc3ccccc3)c(S(=O)(=O)O)c2)C(=O)C1. The van der Waals surface area contributed by atoms with Gasteiger partial charge >= 0.3 is 0 Å². The Balaban J connectivity index is 1.37. The van der Waals surface area contributed by atoms with Gasteiger partial charge in [0.1, 0.15) is 16.4 Å². The number of ether oxygens (including phenoxy) is 1. The molecule has 0 aromatic heterocycles. The summed E-state index contributed by atoms with van der Waals surface area (Å²) in [4.78, 5) is 12.2. The van der Waals surface area contributed by atoms with Crippen molar-refractivity contribution in [2.24, 2.45) is 5.10 Å². The van der Waals surface area contributed by atoms with E-state index in [2.05, 4.69) is 12.0 Å². The number of hydrazone groups is 1. The predicted octanol–water partition coefficient (Wildman–Crippen LogP) is 9.08. The molecule has 40 heavy (non-hydrogen) atoms. The molecule has 0 aliphatic carbocycles. The second kappa shape index (κ2) is 17.2. The first kappa shape index (κ1) is 31.8. The minimum atomic E-state index is -4.59. The lowest BCUT2D eigenvalue weighted by molar-refractivity contribution is -0.116. The number of nitrogens with zero attached hydrogens (tertiary/aromatic N) is 2. The van der Waals surface area contributed by atoms with Crippen LogP contribution < -0.4 is 9.75 Å². The fraction of sp³-hybridized carbons (Fsp3) is 0.562. The van der Waals surface area contributed by atoms with Crippen molar-refractivity contribution in [1.29, 1.82) is 0 Å². The first-order valence-corrected chi connectivity index (χ1v) is 16.6. The number of amides is 1. The first-order chi connectivity index (χ1) is 19.4. The van der Waals surface area contributed by atoms with Gasteiger partial charge in [-0.1, -0.05) is 115 Å². The minimum Gasteiger partial charge on any atom is -0.456 e. The summed E-state index contributed by atoms with van der Waals surface area (Å²) < 4.78 is 39.6. The maximum atomic E-state index is 12.7. The Hall–Kier alpha value is -2.71. The van der Waals surface area contributed by atoms with Crippen LogP contribution in [0.25, 0.3) is 0 Å². The zero-order valence-electron chi connectivity index (χ0n) is 24.0. The van der Waals surface area contributed by atoms with Crippen LogP contribution in [0.3, 0.4) is 0 Å². The van der Waals surface area contributed by atoms with Crippen molar-refractivity contribution < 1.29 is 22.5 Å². The van der Waals surface area contributed by atoms with Gasteiger partial charge in [0.15, 0.2) is 0 Å². The van der Waals surface area contributed by atoms with E-state index >= 15 is 0 Å². The summed E-state index contributed by atoms with van der Waals surface area (Å²) in [6.45, 7) is 2.26. The van der Waals surface area contributed by atoms with E-state index in [-0.39, 0.29) is 23.8 Å². The lowest BCUT2D eigenvalue weighted by Gasteiger charge is -2.15. The van der Waals surface area contributed by atoms with Crippen molar-refractivity contribution >= 4 is 27.4 Å². The van der Waals surface area contributed by atoms with E-state index in [1.165, 1.54) is 101 Å². The van der Waals surface area contributed by atoms with E-state index in [0.717, 1.165) is 25.0 Å². The number of carbonyl (C=O) groups excluding carboxylic acids is 1. The minimum absolute atomic E-state index is 0.0221. The van der Waals surface area contributed by atoms with Gasteiger partial charge in [0.2, 0.25) is 0 Å². The molecule has 7 nitrogen and oxygen atoms in total. The van der Waals surface area contributed by atoms with Crippen molar-refractivity contribution in [2.45, 2.75) is 121 Å². The smallest absolute Gasteiger partial charge is 0.298 e. The molecule has 1 heterocycles. The molecule has 0 spiro atoms. The highest BCUT2D eigenvalue weighted by Gasteiger charge is 2.27. The van der Waals surface area contributed by atoms with Gasteiger partial charge in [-0.15, -0.1) is 0 Å². The lowest BCUT2D eigenvalue weighted by Crippen LogP contribution is -2.20. The van der Waals surface area contributed by atoms with E-state index in [4.69, 9.17) is 4.74 Å². The number of unbranched alkanes of at least 4 members (excludes halogenated alkanes) is 14. The summed E-state index contributed by atoms with van der Waals surface area (Å²) >= 11 is 0. The molecule has 0 bridgehead atoms. The summed E-state index contributed by atoms with van der Waals surface area (Å²) in [5.41, 5.74) is 1.09. The van der Waals surface area contributed by atoms with Crippen LogP contribution in [-0.4, -0.2) is 24.6 Å². The van der Waals surface area contributed by atoms with Crippen LogP contribution in [0.15, 0.2) is 58.5 Å². The van der Waals surface area contributed by atoms with Gasteiger partial charge in [-0.3, -0.25) is 9.35 Å². The van der Waals surface area contributed by atoms with Crippen LogP contribution in [0.4, 0.5) is 5.69 Å². The maximum Gasteiger partial charge on any atom is 0.298 e. The van der Waals surface area contributed by atoms with E-state index in [0.29, 0.717) is 5.75 Å². The van der Waals surface area contributed by atoms with Gasteiger partial charge in [-0.05, 0) is 43.2 Å². The summed E-state index contributed by atoms with van der Waals surface area (Å²) in [5, 5.41) is 5.69. The van der Waals surface area contributed by atoms with E-state index in [1.807, 2.05) is 6.07 Å². The van der Waals surface area contributed by atoms with E-state index < -0.39 is 15.0 Å². The van der Waals surface area contributed by atoms with E-state index in [9.17, 15) is 17.8 Å². The van der Waals surface area contributed by atoms with Crippen LogP contribution in [-0.2, 0) is 14.9 Å². The second-order valence-corrected chi connectivity index (χ2v) is 12.2. The average molecular weight is 571 g/mol. The normalized spacial score (nSPS) is 13.6. The first-order valence-electron chi connectivity index (χ1n) is 15.1. The predicted molar refractivity (Wildman–Crippen MR) is 162 cm³/mol. The molecule has 2 aromatic carbocycles. The fourth-order valence-corrected chi connectivity index (χ4v) is 5.69. The number of para-hydroxylation sites is 1. The Kier molecular flexibility index (Phi) is 13.7. The molecule has 2 aromatic rings. The summed E-state index contributed by atoms with van der Waals surface area (Å²) in [6.07, 6.45) is 20.5. The molecule has 8 heteroatoms. The summed E-state index contributed by atoms with van der Waals surface area (Å²) in [6, 6.07) is 12.9. The zero-order valence-corrected chi connectivity index (χ0v) is 24.8. The van der Waals surface area contributed by atoms with Crippen molar-refractivity contribution in [2.75, 3.05) is 5.01 Å². The van der Waals surface area contributed by atoms with Crippen LogP contribution in [0, 0.1) is 0 Å². The van der Waals surface area contributed by atoms with Crippen LogP contribution in [0.5, 0.6) is 11.5 Å². The lowest BCUT2D eigenvalue weighted by atomic mass is 10.0. The molecule has 1 aliphatic heterocycles. The molecule has 220 valence electrons. The van der Waals surface area contributed by atoms with Crippen LogP contribution in [0.1, 0.15) is 116 Å². The molecule has 1 aliphatic rings. The molecule has 0 fully saturated rings. The zero-order chi connectivity index (χ0) is 28.6. The largest absolute Gasteiger partial charge is 0.456 e. The van der Waals surface area contributed by atoms with Gasteiger partial charge in [0.05, 0.1) is 12.1 Å². The Labute approximate surface area is 240 Å². The van der Waals surface area contributed by atoms with Crippen molar-refractivity contribution in [3.63, 3.8) is 0 Å². The quantitative estimate of drug-likeness (QED) is 0.126. The highest BCUT2D eigenvalue weighted by atomic mass is 32.2. The van der Waals surface area contributed by atoms with Gasteiger partial charge in [-0.2, -0.15) is 13.5 Å². The maximum absolute atomic E-state index is 12.7. The third-order valence-electron chi connectivity index (χ3n) is 7.32. The number of anilines is 1. The Morgan fingerprint density at radius 1 is 0.800 bits per heavy atom. The van der Waals surface area contributed by atoms with Crippen molar-refractivity contribution in [3.8, 4) is 11.5 Å². The monoisotopic (exact) mass is 570 g/mol. The van der Waals surface area contributed by atoms with Gasteiger partial charge in [0, 0.05) is 5.71 Å². The average Bonchev–Trinajstić information content (AvgIpc) is 3.31. The molecule has 1 N–H and O–H groups in total. The summed E-state index contributed by atoms with van der Waals surface area (Å²) in [5.74, 6) is 0.196. The molecule has 3 rings (SSSR count). The second-order valence-electron chi connectivity index (χ2n) is 10.8. The van der Waals surface area contributed by atoms with Gasteiger partial charge < -0.3 is 4.74 Å².